The fraction of sp³-hybridized carbons (Fsp3) is 0.407. The zero-order chi connectivity index (χ0) is 26.6. The minimum atomic E-state index is -2.78. The van der Waals surface area contributed by atoms with Gasteiger partial charge in [-0.05, 0) is 55.4 Å². The second kappa shape index (κ2) is 11.2. The van der Waals surface area contributed by atoms with E-state index in [1.54, 1.807) is 30.3 Å². The summed E-state index contributed by atoms with van der Waals surface area (Å²) in [5.74, 6) is -5.91. The van der Waals surface area contributed by atoms with E-state index in [0.717, 1.165) is 0 Å². The van der Waals surface area contributed by atoms with Gasteiger partial charge in [-0.2, -0.15) is 0 Å². The van der Waals surface area contributed by atoms with Crippen LogP contribution in [-0.4, -0.2) is 45.0 Å². The number of rotatable bonds is 9. The lowest BCUT2D eigenvalue weighted by Crippen LogP contribution is -2.48. The van der Waals surface area contributed by atoms with Gasteiger partial charge in [-0.3, -0.25) is 14.6 Å². The maximum atomic E-state index is 14.4. The summed E-state index contributed by atoms with van der Waals surface area (Å²) >= 11 is 0. The largest absolute Gasteiger partial charge is 0.391 e. The number of nitrogens with zero attached hydrogens (tertiary/aromatic N) is 2. The molecule has 0 bridgehead atoms. The van der Waals surface area contributed by atoms with Crippen LogP contribution in [-0.2, 0) is 11.2 Å². The molecule has 0 spiro atoms. The van der Waals surface area contributed by atoms with Crippen molar-refractivity contribution in [2.45, 2.75) is 56.6 Å². The van der Waals surface area contributed by atoms with Crippen molar-refractivity contribution in [1.29, 1.82) is 0 Å². The normalized spacial score (nSPS) is 18.2. The molecule has 0 radical (unpaired) electrons. The van der Waals surface area contributed by atoms with Crippen LogP contribution in [0.2, 0.25) is 0 Å². The molecule has 3 atom stereocenters. The zero-order valence-electron chi connectivity index (χ0n) is 20.1. The third-order valence-electron chi connectivity index (χ3n) is 7.05. The minimum Gasteiger partial charge on any atom is -0.391 e. The Morgan fingerprint density at radius 1 is 1.08 bits per heavy atom. The molecule has 3 unspecified atom stereocenters. The first-order chi connectivity index (χ1) is 17.6. The van der Waals surface area contributed by atoms with Gasteiger partial charge in [0.05, 0.1) is 29.4 Å². The Morgan fingerprint density at radius 2 is 1.73 bits per heavy atom. The van der Waals surface area contributed by atoms with Crippen LogP contribution in [0.4, 0.5) is 13.2 Å². The van der Waals surface area contributed by atoms with Gasteiger partial charge in [0.1, 0.15) is 11.5 Å². The summed E-state index contributed by atoms with van der Waals surface area (Å²) in [7, 11) is 0. The van der Waals surface area contributed by atoms with Gasteiger partial charge in [-0.1, -0.05) is 30.3 Å². The molecular weight excluding hydrogens is 485 g/mol. The minimum absolute atomic E-state index is 0.00500. The number of carbonyl (C=O) groups is 2. The van der Waals surface area contributed by atoms with Crippen molar-refractivity contribution in [2.75, 3.05) is 0 Å². The molecular formula is C27H29F3N4O3. The molecule has 0 aliphatic heterocycles. The van der Waals surface area contributed by atoms with E-state index in [1.807, 2.05) is 0 Å². The fourth-order valence-corrected chi connectivity index (χ4v) is 4.92. The topological polar surface area (TPSA) is 118 Å². The molecule has 7 nitrogen and oxygen atoms in total. The highest BCUT2D eigenvalue weighted by Crippen LogP contribution is 2.40. The highest BCUT2D eigenvalue weighted by atomic mass is 19.3. The van der Waals surface area contributed by atoms with E-state index in [4.69, 9.17) is 5.73 Å². The number of aromatic nitrogens is 2. The number of aliphatic hydroxyl groups is 1. The predicted octanol–water partition coefficient (Wildman–Crippen LogP) is 3.79. The van der Waals surface area contributed by atoms with E-state index in [0.29, 0.717) is 11.0 Å². The molecule has 1 heterocycles. The summed E-state index contributed by atoms with van der Waals surface area (Å²) in [6.45, 7) is 0. The van der Waals surface area contributed by atoms with Crippen LogP contribution in [0.3, 0.4) is 0 Å². The van der Waals surface area contributed by atoms with Gasteiger partial charge in [0.25, 0.3) is 5.91 Å². The number of nitrogens with two attached hydrogens (primary N) is 1. The number of para-hydroxylation sites is 2. The first-order valence-corrected chi connectivity index (χ1v) is 12.2. The molecule has 10 heteroatoms. The number of hydrogen-bond donors (Lipinski definition) is 3. The number of primary amides is 1. The van der Waals surface area contributed by atoms with Crippen LogP contribution in [0.15, 0.2) is 54.7 Å². The van der Waals surface area contributed by atoms with Crippen molar-refractivity contribution in [3.8, 4) is 0 Å². The lowest BCUT2D eigenvalue weighted by atomic mass is 9.75. The molecule has 1 saturated carbocycles. The van der Waals surface area contributed by atoms with Crippen LogP contribution >= 0.6 is 0 Å². The third-order valence-corrected chi connectivity index (χ3v) is 7.05. The van der Waals surface area contributed by atoms with Gasteiger partial charge in [-0.15, -0.1) is 0 Å². The van der Waals surface area contributed by atoms with Crippen molar-refractivity contribution in [1.82, 2.24) is 15.3 Å². The first kappa shape index (κ1) is 26.5. The van der Waals surface area contributed by atoms with E-state index < -0.39 is 47.5 Å². The average Bonchev–Trinajstić information content (AvgIpc) is 2.87. The molecule has 3 aromatic rings. The average molecular weight is 515 g/mol. The maximum Gasteiger partial charge on any atom is 0.271 e. The van der Waals surface area contributed by atoms with E-state index >= 15 is 0 Å². The van der Waals surface area contributed by atoms with E-state index in [1.165, 1.54) is 24.4 Å². The zero-order valence-corrected chi connectivity index (χ0v) is 20.1. The number of amides is 2. The number of aliphatic hydroxyl groups excluding tert-OH is 1. The number of benzene rings is 2. The Hall–Kier alpha value is -3.53. The second-order valence-corrected chi connectivity index (χ2v) is 9.62. The predicted molar refractivity (Wildman–Crippen MR) is 131 cm³/mol. The molecule has 2 aromatic carbocycles. The summed E-state index contributed by atoms with van der Waals surface area (Å²) in [6.07, 6.45) is -0.741. The molecule has 196 valence electrons. The molecule has 1 fully saturated rings. The van der Waals surface area contributed by atoms with E-state index in [9.17, 15) is 27.9 Å². The Morgan fingerprint density at radius 3 is 2.41 bits per heavy atom. The monoisotopic (exact) mass is 514 g/mol. The number of carbonyl (C=O) groups excluding carboxylic acids is 2. The Kier molecular flexibility index (Phi) is 8.06. The quantitative estimate of drug-likeness (QED) is 0.402. The summed E-state index contributed by atoms with van der Waals surface area (Å²) < 4.78 is 41.8. The lowest BCUT2D eigenvalue weighted by Gasteiger charge is -2.34. The van der Waals surface area contributed by atoms with Crippen LogP contribution in [0, 0.1) is 17.7 Å². The van der Waals surface area contributed by atoms with Crippen LogP contribution in [0.5, 0.6) is 0 Å². The number of alkyl halides is 2. The Bertz CT molecular complexity index is 1260. The fourth-order valence-electron chi connectivity index (χ4n) is 4.92. The van der Waals surface area contributed by atoms with Crippen molar-refractivity contribution >= 4 is 22.8 Å². The summed E-state index contributed by atoms with van der Waals surface area (Å²) in [5.41, 5.74) is 6.97. The molecule has 1 aliphatic rings. The molecule has 2 amide bonds. The highest BCUT2D eigenvalue weighted by Gasteiger charge is 2.40. The number of fused-ring (bicyclic) bond motifs is 1. The van der Waals surface area contributed by atoms with Crippen molar-refractivity contribution < 1.29 is 27.9 Å². The molecule has 37 heavy (non-hydrogen) atoms. The smallest absolute Gasteiger partial charge is 0.271 e. The molecule has 4 rings (SSSR count). The second-order valence-electron chi connectivity index (χ2n) is 9.62. The van der Waals surface area contributed by atoms with Gasteiger partial charge in [0, 0.05) is 18.8 Å². The van der Waals surface area contributed by atoms with Gasteiger partial charge >= 0.3 is 0 Å². The molecule has 1 aromatic heterocycles. The molecule has 1 aliphatic carbocycles. The van der Waals surface area contributed by atoms with Crippen molar-refractivity contribution in [2.24, 2.45) is 17.6 Å². The lowest BCUT2D eigenvalue weighted by molar-refractivity contribution is -0.127. The molecule has 4 N–H and O–H groups in total. The SMILES string of the molecule is NC(=O)C(CC(O)C(Cc1ccccc1F)NC(=O)c1cnc2ccccc2n1)C1CCC(F)(F)CC1. The number of hydrogen-bond acceptors (Lipinski definition) is 5. The van der Waals surface area contributed by atoms with Crippen molar-refractivity contribution in [3.63, 3.8) is 0 Å². The van der Waals surface area contributed by atoms with Gasteiger partial charge < -0.3 is 16.2 Å². The summed E-state index contributed by atoms with van der Waals surface area (Å²) in [4.78, 5) is 33.9. The molecule has 0 saturated heterocycles. The summed E-state index contributed by atoms with van der Waals surface area (Å²) in [6, 6.07) is 12.0. The third kappa shape index (κ3) is 6.62. The van der Waals surface area contributed by atoms with Gasteiger partial charge in [-0.25, -0.2) is 18.2 Å². The van der Waals surface area contributed by atoms with Gasteiger partial charge in [0.2, 0.25) is 11.8 Å². The van der Waals surface area contributed by atoms with Crippen LogP contribution < -0.4 is 11.1 Å². The maximum absolute atomic E-state index is 14.4. The standard InChI is InChI=1S/C27H29F3N4O3/c28-19-6-2-1-5-17(19)13-22(34-26(37)23-15-32-20-7-3-4-8-21(20)33-23)24(35)14-18(25(31)36)16-9-11-27(29,30)12-10-16/h1-8,15-16,18,22,24,35H,9-14H2,(H2,31,36)(H,34,37). The Labute approximate surface area is 212 Å². The van der Waals surface area contributed by atoms with Crippen molar-refractivity contribution in [3.05, 3.63) is 71.8 Å². The van der Waals surface area contributed by atoms with E-state index in [-0.39, 0.29) is 49.8 Å². The summed E-state index contributed by atoms with van der Waals surface area (Å²) in [5, 5.41) is 13.9. The number of nitrogens with one attached hydrogen (secondary N) is 1. The Balaban J connectivity index is 1.55. The number of halogens is 3. The van der Waals surface area contributed by atoms with Crippen LogP contribution in [0.25, 0.3) is 11.0 Å². The highest BCUT2D eigenvalue weighted by molar-refractivity contribution is 5.94. The first-order valence-electron chi connectivity index (χ1n) is 12.2. The van der Waals surface area contributed by atoms with Gasteiger partial charge in [0.15, 0.2) is 0 Å². The van der Waals surface area contributed by atoms with Crippen LogP contribution in [0.1, 0.15) is 48.2 Å². The van der Waals surface area contributed by atoms with E-state index in [2.05, 4.69) is 15.3 Å².